The Balaban J connectivity index is 2.38. The zero-order valence-electron chi connectivity index (χ0n) is 9.05. The average Bonchev–Trinajstić information content (AvgIpc) is 2.26. The van der Waals surface area contributed by atoms with Crippen molar-refractivity contribution in [1.82, 2.24) is 0 Å². The zero-order chi connectivity index (χ0) is 12.0. The Bertz CT molecular complexity index is 359. The second-order valence-electron chi connectivity index (χ2n) is 3.52. The van der Waals surface area contributed by atoms with Crippen molar-refractivity contribution in [1.29, 1.82) is 0 Å². The number of aliphatic hydroxyl groups excluding tert-OH is 1. The number of hydrogen-bond donors (Lipinski definition) is 1. The third-order valence-electron chi connectivity index (χ3n) is 1.98. The summed E-state index contributed by atoms with van der Waals surface area (Å²) >= 11 is 0. The van der Waals surface area contributed by atoms with E-state index in [1.54, 1.807) is 0 Å². The molecule has 0 saturated carbocycles. The predicted octanol–water partition coefficient (Wildman–Crippen LogP) is 1.07. The molecule has 16 heavy (non-hydrogen) atoms. The van der Waals surface area contributed by atoms with Gasteiger partial charge in [-0.25, -0.2) is 4.79 Å². The van der Waals surface area contributed by atoms with E-state index < -0.39 is 12.1 Å². The van der Waals surface area contributed by atoms with E-state index in [0.717, 1.165) is 5.56 Å². The minimum atomic E-state index is -1.36. The molecule has 0 aliphatic rings. The van der Waals surface area contributed by atoms with Crippen molar-refractivity contribution in [2.45, 2.75) is 26.1 Å². The Morgan fingerprint density at radius 2 is 1.94 bits per heavy atom. The number of rotatable bonds is 5. The predicted molar refractivity (Wildman–Crippen MR) is 57.5 cm³/mol. The Morgan fingerprint density at radius 1 is 1.31 bits per heavy atom. The second-order valence-corrected chi connectivity index (χ2v) is 3.52. The van der Waals surface area contributed by atoms with Gasteiger partial charge < -0.3 is 9.84 Å². The fourth-order valence-electron chi connectivity index (χ4n) is 1.18. The number of Topliss-reactive ketones (excluding diaryl/α,β-unsaturated/α-hetero) is 1. The molecule has 0 aliphatic carbocycles. The minimum absolute atomic E-state index is 0.106. The molecule has 1 aromatic rings. The van der Waals surface area contributed by atoms with Crippen LogP contribution in [0.2, 0.25) is 0 Å². The summed E-state index contributed by atoms with van der Waals surface area (Å²) in [7, 11) is 0. The number of aliphatic hydroxyl groups is 1. The highest BCUT2D eigenvalue weighted by molar-refractivity contribution is 5.84. The highest BCUT2D eigenvalue weighted by atomic mass is 16.5. The molecule has 1 aromatic carbocycles. The van der Waals surface area contributed by atoms with Gasteiger partial charge in [0.05, 0.1) is 0 Å². The van der Waals surface area contributed by atoms with Gasteiger partial charge in [0.2, 0.25) is 0 Å². The fourth-order valence-corrected chi connectivity index (χ4v) is 1.18. The van der Waals surface area contributed by atoms with Crippen LogP contribution in [0.15, 0.2) is 30.3 Å². The third kappa shape index (κ3) is 4.23. The van der Waals surface area contributed by atoms with Crippen molar-refractivity contribution >= 4 is 11.8 Å². The molecule has 0 amide bonds. The molecule has 1 atom stereocenters. The summed E-state index contributed by atoms with van der Waals surface area (Å²) in [6, 6.07) is 9.13. The fraction of sp³-hybridized carbons (Fsp3) is 0.333. The number of benzene rings is 1. The first-order chi connectivity index (χ1) is 7.59. The van der Waals surface area contributed by atoms with E-state index in [9.17, 15) is 14.7 Å². The standard InChI is InChI=1S/C12H14O4/c1-9(13)7-11(14)12(15)16-8-10-5-3-2-4-6-10/h2-6,11,14H,7-8H2,1H3. The van der Waals surface area contributed by atoms with Crippen LogP contribution in [-0.4, -0.2) is 23.0 Å². The van der Waals surface area contributed by atoms with Crippen molar-refractivity contribution in [3.63, 3.8) is 0 Å². The van der Waals surface area contributed by atoms with E-state index in [1.165, 1.54) is 6.92 Å². The van der Waals surface area contributed by atoms with Crippen LogP contribution in [-0.2, 0) is 20.9 Å². The van der Waals surface area contributed by atoms with Gasteiger partial charge in [-0.2, -0.15) is 0 Å². The van der Waals surface area contributed by atoms with Crippen LogP contribution >= 0.6 is 0 Å². The Labute approximate surface area is 93.9 Å². The second kappa shape index (κ2) is 6.02. The van der Waals surface area contributed by atoms with Crippen molar-refractivity contribution in [2.75, 3.05) is 0 Å². The molecule has 0 radical (unpaired) electrons. The quantitative estimate of drug-likeness (QED) is 0.757. The largest absolute Gasteiger partial charge is 0.459 e. The summed E-state index contributed by atoms with van der Waals surface area (Å²) < 4.78 is 4.85. The first-order valence-electron chi connectivity index (χ1n) is 4.97. The summed E-state index contributed by atoms with van der Waals surface area (Å²) in [5.74, 6) is -1.01. The van der Waals surface area contributed by atoms with E-state index in [1.807, 2.05) is 30.3 Å². The van der Waals surface area contributed by atoms with Crippen LogP contribution in [0.1, 0.15) is 18.9 Å². The molecule has 0 fully saturated rings. The molecule has 4 nitrogen and oxygen atoms in total. The van der Waals surface area contributed by atoms with Gasteiger partial charge in [0, 0.05) is 6.42 Å². The molecule has 0 aliphatic heterocycles. The van der Waals surface area contributed by atoms with E-state index >= 15 is 0 Å². The van der Waals surface area contributed by atoms with Gasteiger partial charge in [-0.05, 0) is 12.5 Å². The molecule has 0 bridgehead atoms. The van der Waals surface area contributed by atoms with Gasteiger partial charge in [-0.15, -0.1) is 0 Å². The maximum atomic E-state index is 11.2. The number of carbonyl (C=O) groups is 2. The van der Waals surface area contributed by atoms with Crippen LogP contribution in [0, 0.1) is 0 Å². The third-order valence-corrected chi connectivity index (χ3v) is 1.98. The van der Waals surface area contributed by atoms with Gasteiger partial charge in [0.15, 0.2) is 6.10 Å². The van der Waals surface area contributed by atoms with Gasteiger partial charge in [-0.3, -0.25) is 4.79 Å². The molecule has 0 heterocycles. The maximum Gasteiger partial charge on any atom is 0.335 e. The lowest BCUT2D eigenvalue weighted by Gasteiger charge is -2.08. The van der Waals surface area contributed by atoms with E-state index in [4.69, 9.17) is 4.74 Å². The molecular weight excluding hydrogens is 208 g/mol. The molecule has 1 rings (SSSR count). The molecule has 1 unspecified atom stereocenters. The van der Waals surface area contributed by atoms with Crippen LogP contribution in [0.3, 0.4) is 0 Å². The molecule has 0 spiro atoms. The Kier molecular flexibility index (Phi) is 4.66. The summed E-state index contributed by atoms with van der Waals surface area (Å²) in [5, 5.41) is 9.27. The molecular formula is C12H14O4. The monoisotopic (exact) mass is 222 g/mol. The maximum absolute atomic E-state index is 11.2. The van der Waals surface area contributed by atoms with E-state index in [2.05, 4.69) is 0 Å². The molecule has 0 aromatic heterocycles. The first-order valence-corrected chi connectivity index (χ1v) is 4.97. The lowest BCUT2D eigenvalue weighted by molar-refractivity contribution is -0.156. The van der Waals surface area contributed by atoms with E-state index in [0.29, 0.717) is 0 Å². The highest BCUT2D eigenvalue weighted by Gasteiger charge is 2.18. The molecule has 1 N–H and O–H groups in total. The molecule has 0 saturated heterocycles. The summed E-state index contributed by atoms with van der Waals surface area (Å²) in [6.45, 7) is 1.42. The molecule has 4 heteroatoms. The highest BCUT2D eigenvalue weighted by Crippen LogP contribution is 2.03. The van der Waals surface area contributed by atoms with Gasteiger partial charge in [0.25, 0.3) is 0 Å². The SMILES string of the molecule is CC(=O)CC(O)C(=O)OCc1ccccc1. The Hall–Kier alpha value is -1.68. The normalized spacial score (nSPS) is 11.9. The first kappa shape index (κ1) is 12.4. The summed E-state index contributed by atoms with van der Waals surface area (Å²) in [6.07, 6.45) is -1.56. The van der Waals surface area contributed by atoms with Gasteiger partial charge in [-0.1, -0.05) is 30.3 Å². The van der Waals surface area contributed by atoms with Crippen LogP contribution in [0.4, 0.5) is 0 Å². The van der Waals surface area contributed by atoms with Crippen LogP contribution < -0.4 is 0 Å². The lowest BCUT2D eigenvalue weighted by atomic mass is 10.2. The van der Waals surface area contributed by atoms with Crippen molar-refractivity contribution in [3.8, 4) is 0 Å². The Morgan fingerprint density at radius 3 is 2.50 bits per heavy atom. The van der Waals surface area contributed by atoms with Crippen molar-refractivity contribution in [2.24, 2.45) is 0 Å². The topological polar surface area (TPSA) is 63.6 Å². The lowest BCUT2D eigenvalue weighted by Crippen LogP contribution is -2.25. The van der Waals surface area contributed by atoms with Crippen LogP contribution in [0.5, 0.6) is 0 Å². The number of ketones is 1. The average molecular weight is 222 g/mol. The van der Waals surface area contributed by atoms with E-state index in [-0.39, 0.29) is 18.8 Å². The number of carbonyl (C=O) groups excluding carboxylic acids is 2. The van der Waals surface area contributed by atoms with Gasteiger partial charge in [0.1, 0.15) is 12.4 Å². The zero-order valence-corrected chi connectivity index (χ0v) is 9.05. The van der Waals surface area contributed by atoms with Gasteiger partial charge >= 0.3 is 5.97 Å². The van der Waals surface area contributed by atoms with Crippen LogP contribution in [0.25, 0.3) is 0 Å². The smallest absolute Gasteiger partial charge is 0.335 e. The summed E-state index contributed by atoms with van der Waals surface area (Å²) in [5.41, 5.74) is 0.839. The summed E-state index contributed by atoms with van der Waals surface area (Å²) in [4.78, 5) is 21.9. The number of esters is 1. The minimum Gasteiger partial charge on any atom is -0.459 e. The van der Waals surface area contributed by atoms with Crippen molar-refractivity contribution < 1.29 is 19.4 Å². The van der Waals surface area contributed by atoms with Crippen molar-refractivity contribution in [3.05, 3.63) is 35.9 Å². The molecule has 86 valence electrons. The number of hydrogen-bond acceptors (Lipinski definition) is 4. The number of ether oxygens (including phenoxy) is 1.